The third-order valence-corrected chi connectivity index (χ3v) is 3.67. The van der Waals surface area contributed by atoms with E-state index in [-0.39, 0.29) is 5.56 Å². The van der Waals surface area contributed by atoms with Crippen molar-refractivity contribution in [1.29, 1.82) is 0 Å². The van der Waals surface area contributed by atoms with Crippen molar-refractivity contribution < 1.29 is 18.5 Å². The molecule has 1 saturated heterocycles. The van der Waals surface area contributed by atoms with Gasteiger partial charge in [0.2, 0.25) is 0 Å². The maximum absolute atomic E-state index is 13.2. The van der Waals surface area contributed by atoms with E-state index >= 15 is 0 Å². The highest BCUT2D eigenvalue weighted by Crippen LogP contribution is 2.36. The van der Waals surface area contributed by atoms with Crippen molar-refractivity contribution in [2.75, 3.05) is 0 Å². The van der Waals surface area contributed by atoms with Crippen molar-refractivity contribution in [2.45, 2.75) is 38.9 Å². The molecule has 0 N–H and O–H groups in total. The molecular formula is C13H16BFO3. The van der Waals surface area contributed by atoms with Gasteiger partial charge in [0.25, 0.3) is 0 Å². The standard InChI is InChI=1S/C13H16BFO3/c1-12(2)13(3,4)18-14(17-12)10-5-6-11(15)9(7-10)8-16/h5-8H,1-4H3. The van der Waals surface area contributed by atoms with Gasteiger partial charge in [0.1, 0.15) is 5.82 Å². The number of hydrogen-bond acceptors (Lipinski definition) is 3. The van der Waals surface area contributed by atoms with Crippen LogP contribution in [0.15, 0.2) is 18.2 Å². The third kappa shape index (κ3) is 2.08. The highest BCUT2D eigenvalue weighted by molar-refractivity contribution is 6.62. The van der Waals surface area contributed by atoms with E-state index in [1.54, 1.807) is 6.07 Å². The number of carbonyl (C=O) groups excluding carboxylic acids is 1. The fraction of sp³-hybridized carbons (Fsp3) is 0.462. The molecule has 0 unspecified atom stereocenters. The van der Waals surface area contributed by atoms with E-state index < -0.39 is 24.1 Å². The highest BCUT2D eigenvalue weighted by atomic mass is 19.1. The van der Waals surface area contributed by atoms with Crippen LogP contribution >= 0.6 is 0 Å². The molecule has 1 aromatic carbocycles. The largest absolute Gasteiger partial charge is 0.494 e. The highest BCUT2D eigenvalue weighted by Gasteiger charge is 2.51. The summed E-state index contributed by atoms with van der Waals surface area (Å²) in [6.45, 7) is 7.77. The SMILES string of the molecule is CC1(C)OB(c2ccc(F)c(C=O)c2)OC1(C)C. The van der Waals surface area contributed by atoms with E-state index in [0.29, 0.717) is 11.7 Å². The molecule has 18 heavy (non-hydrogen) atoms. The summed E-state index contributed by atoms with van der Waals surface area (Å²) in [7, 11) is -0.575. The van der Waals surface area contributed by atoms with E-state index in [9.17, 15) is 9.18 Å². The molecule has 2 rings (SSSR count). The Morgan fingerprint density at radius 1 is 1.17 bits per heavy atom. The molecule has 1 aliphatic rings. The second-order valence-corrected chi connectivity index (χ2v) is 5.49. The Balaban J connectivity index is 2.32. The van der Waals surface area contributed by atoms with Crippen molar-refractivity contribution in [1.82, 2.24) is 0 Å². The topological polar surface area (TPSA) is 35.5 Å². The monoisotopic (exact) mass is 250 g/mol. The molecule has 0 amide bonds. The van der Waals surface area contributed by atoms with Crippen LogP contribution in [0.2, 0.25) is 0 Å². The summed E-state index contributed by atoms with van der Waals surface area (Å²) in [6, 6.07) is 4.29. The van der Waals surface area contributed by atoms with Gasteiger partial charge in [-0.3, -0.25) is 4.79 Å². The Morgan fingerprint density at radius 2 is 1.72 bits per heavy atom. The molecular weight excluding hydrogens is 234 g/mol. The maximum atomic E-state index is 13.2. The van der Waals surface area contributed by atoms with Gasteiger partial charge in [0, 0.05) is 5.56 Å². The second-order valence-electron chi connectivity index (χ2n) is 5.49. The first-order valence-corrected chi connectivity index (χ1v) is 5.87. The maximum Gasteiger partial charge on any atom is 0.494 e. The predicted molar refractivity (Wildman–Crippen MR) is 67.5 cm³/mol. The molecule has 1 aliphatic heterocycles. The Kier molecular flexibility index (Phi) is 3.07. The predicted octanol–water partition coefficient (Wildman–Crippen LogP) is 1.94. The lowest BCUT2D eigenvalue weighted by molar-refractivity contribution is 0.00578. The van der Waals surface area contributed by atoms with Crippen LogP contribution in [0.3, 0.4) is 0 Å². The molecule has 96 valence electrons. The first-order chi connectivity index (χ1) is 8.27. The van der Waals surface area contributed by atoms with Crippen molar-refractivity contribution in [3.63, 3.8) is 0 Å². The molecule has 0 spiro atoms. The lowest BCUT2D eigenvalue weighted by Gasteiger charge is -2.32. The van der Waals surface area contributed by atoms with Crippen LogP contribution in [0.5, 0.6) is 0 Å². The molecule has 1 heterocycles. The molecule has 0 aromatic heterocycles. The number of halogens is 1. The average Bonchev–Trinajstić information content (AvgIpc) is 2.49. The minimum Gasteiger partial charge on any atom is -0.399 e. The van der Waals surface area contributed by atoms with Crippen molar-refractivity contribution in [3.8, 4) is 0 Å². The molecule has 1 fully saturated rings. The summed E-state index contributed by atoms with van der Waals surface area (Å²) in [5.41, 5.74) is -0.236. The van der Waals surface area contributed by atoms with E-state index in [0.717, 1.165) is 0 Å². The zero-order valence-corrected chi connectivity index (χ0v) is 11.0. The zero-order valence-electron chi connectivity index (χ0n) is 11.0. The Labute approximate surface area is 106 Å². The van der Waals surface area contributed by atoms with E-state index in [1.165, 1.54) is 12.1 Å². The fourth-order valence-corrected chi connectivity index (χ4v) is 1.78. The van der Waals surface area contributed by atoms with Crippen LogP contribution in [-0.4, -0.2) is 24.6 Å². The van der Waals surface area contributed by atoms with Gasteiger partial charge in [-0.25, -0.2) is 4.39 Å². The molecule has 0 radical (unpaired) electrons. The third-order valence-electron chi connectivity index (χ3n) is 3.67. The number of hydrogen-bond donors (Lipinski definition) is 0. The van der Waals surface area contributed by atoms with Gasteiger partial charge in [0.05, 0.1) is 11.2 Å². The van der Waals surface area contributed by atoms with Gasteiger partial charge in [-0.15, -0.1) is 0 Å². The van der Waals surface area contributed by atoms with Gasteiger partial charge in [-0.05, 0) is 45.3 Å². The Hall–Kier alpha value is -1.20. The fourth-order valence-electron chi connectivity index (χ4n) is 1.78. The molecule has 0 aliphatic carbocycles. The quantitative estimate of drug-likeness (QED) is 0.594. The molecule has 1 aromatic rings. The van der Waals surface area contributed by atoms with Gasteiger partial charge in [-0.2, -0.15) is 0 Å². The minimum atomic E-state index is -0.575. The van der Waals surface area contributed by atoms with Crippen LogP contribution in [0.25, 0.3) is 0 Å². The summed E-state index contributed by atoms with van der Waals surface area (Å²) in [4.78, 5) is 10.7. The molecule has 0 saturated carbocycles. The van der Waals surface area contributed by atoms with Crippen LogP contribution in [0, 0.1) is 5.82 Å². The van der Waals surface area contributed by atoms with Crippen LogP contribution in [-0.2, 0) is 9.31 Å². The first-order valence-electron chi connectivity index (χ1n) is 5.87. The molecule has 5 heteroatoms. The first kappa shape index (κ1) is 13.2. The van der Waals surface area contributed by atoms with E-state index in [2.05, 4.69) is 0 Å². The van der Waals surface area contributed by atoms with E-state index in [4.69, 9.17) is 9.31 Å². The van der Waals surface area contributed by atoms with Gasteiger partial charge >= 0.3 is 7.12 Å². The summed E-state index contributed by atoms with van der Waals surface area (Å²) in [5.74, 6) is -0.537. The lowest BCUT2D eigenvalue weighted by atomic mass is 9.78. The second kappa shape index (κ2) is 4.18. The van der Waals surface area contributed by atoms with E-state index in [1.807, 2.05) is 27.7 Å². The Morgan fingerprint density at radius 3 is 2.22 bits per heavy atom. The van der Waals surface area contributed by atoms with Crippen molar-refractivity contribution in [3.05, 3.63) is 29.6 Å². The number of rotatable bonds is 2. The van der Waals surface area contributed by atoms with Crippen LogP contribution in [0.4, 0.5) is 4.39 Å². The number of aldehydes is 1. The Bertz CT molecular complexity index is 469. The van der Waals surface area contributed by atoms with Crippen LogP contribution < -0.4 is 5.46 Å². The molecule has 0 atom stereocenters. The van der Waals surface area contributed by atoms with Crippen molar-refractivity contribution >= 4 is 18.9 Å². The smallest absolute Gasteiger partial charge is 0.399 e. The number of carbonyl (C=O) groups is 1. The zero-order chi connectivity index (χ0) is 13.6. The summed E-state index contributed by atoms with van der Waals surface area (Å²) < 4.78 is 24.9. The average molecular weight is 250 g/mol. The summed E-state index contributed by atoms with van der Waals surface area (Å²) in [5, 5.41) is 0. The minimum absolute atomic E-state index is 0.0159. The lowest BCUT2D eigenvalue weighted by Crippen LogP contribution is -2.41. The summed E-state index contributed by atoms with van der Waals surface area (Å²) in [6.07, 6.45) is 0.490. The normalized spacial score (nSPS) is 21.1. The number of benzene rings is 1. The van der Waals surface area contributed by atoms with Gasteiger partial charge in [-0.1, -0.05) is 6.07 Å². The molecule has 0 bridgehead atoms. The summed E-state index contributed by atoms with van der Waals surface area (Å²) >= 11 is 0. The van der Waals surface area contributed by atoms with Gasteiger partial charge < -0.3 is 9.31 Å². The van der Waals surface area contributed by atoms with Crippen LogP contribution in [0.1, 0.15) is 38.1 Å². The van der Waals surface area contributed by atoms with Crippen molar-refractivity contribution in [2.24, 2.45) is 0 Å². The molecule has 3 nitrogen and oxygen atoms in total. The van der Waals surface area contributed by atoms with Gasteiger partial charge in [0.15, 0.2) is 6.29 Å².